The summed E-state index contributed by atoms with van der Waals surface area (Å²) in [4.78, 5) is 13.0. The molecule has 0 saturated heterocycles. The zero-order valence-electron chi connectivity index (χ0n) is 13.4. The van der Waals surface area contributed by atoms with Gasteiger partial charge in [-0.15, -0.1) is 0 Å². The molecule has 1 heterocycles. The van der Waals surface area contributed by atoms with Gasteiger partial charge >= 0.3 is 0 Å². The van der Waals surface area contributed by atoms with Crippen LogP contribution in [0.2, 0.25) is 0 Å². The van der Waals surface area contributed by atoms with E-state index in [9.17, 15) is 9.90 Å². The van der Waals surface area contributed by atoms with Crippen LogP contribution in [0.15, 0.2) is 48.5 Å². The Morgan fingerprint density at radius 1 is 0.917 bits per heavy atom. The number of ether oxygens (including phenoxy) is 1. The molecule has 2 aliphatic rings. The Balaban J connectivity index is 1.63. The molecule has 2 N–H and O–H groups in total. The number of rotatable bonds is 2. The summed E-state index contributed by atoms with van der Waals surface area (Å²) in [5, 5.41) is 12.8. The van der Waals surface area contributed by atoms with Crippen LogP contribution in [-0.4, -0.2) is 23.2 Å². The number of carbonyl (C=O) groups excluding carboxylic acids is 1. The predicted octanol–water partition coefficient (Wildman–Crippen LogP) is 3.34. The second kappa shape index (κ2) is 6.29. The minimum atomic E-state index is -0.349. The topological polar surface area (TPSA) is 58.6 Å². The van der Waals surface area contributed by atoms with Crippen LogP contribution >= 0.6 is 0 Å². The number of aliphatic hydroxyl groups excluding tert-OH is 1. The summed E-state index contributed by atoms with van der Waals surface area (Å²) in [5.41, 5.74) is 1.81. The lowest BCUT2D eigenvalue weighted by Gasteiger charge is -2.31. The highest BCUT2D eigenvalue weighted by atomic mass is 16.5. The molecule has 0 atom stereocenters. The maximum Gasteiger partial charge on any atom is 0.232 e. The van der Waals surface area contributed by atoms with Gasteiger partial charge in [0.05, 0.1) is 12.0 Å². The molecule has 1 aliphatic heterocycles. The minimum Gasteiger partial charge on any atom is -0.457 e. The third-order valence-electron chi connectivity index (χ3n) is 4.99. The molecule has 1 fully saturated rings. The van der Waals surface area contributed by atoms with Gasteiger partial charge in [-0.1, -0.05) is 36.4 Å². The first-order valence-electron chi connectivity index (χ1n) is 8.56. The number of hydrogen-bond acceptors (Lipinski definition) is 3. The van der Waals surface area contributed by atoms with Crippen molar-refractivity contribution in [2.24, 2.45) is 0 Å². The molecule has 0 spiro atoms. The van der Waals surface area contributed by atoms with Crippen molar-refractivity contribution in [1.82, 2.24) is 5.32 Å². The molecule has 0 radical (unpaired) electrons. The van der Waals surface area contributed by atoms with Crippen molar-refractivity contribution < 1.29 is 14.6 Å². The number of hydrogen-bond donors (Lipinski definition) is 2. The summed E-state index contributed by atoms with van der Waals surface area (Å²) in [6, 6.07) is 15.6. The smallest absolute Gasteiger partial charge is 0.232 e. The normalized spacial score (nSPS) is 22.9. The highest BCUT2D eigenvalue weighted by Gasteiger charge is 2.33. The van der Waals surface area contributed by atoms with E-state index in [1.54, 1.807) is 0 Å². The lowest BCUT2D eigenvalue weighted by molar-refractivity contribution is -0.122. The Morgan fingerprint density at radius 3 is 2.04 bits per heavy atom. The largest absolute Gasteiger partial charge is 0.457 e. The molecule has 24 heavy (non-hydrogen) atoms. The van der Waals surface area contributed by atoms with E-state index < -0.39 is 0 Å². The zero-order chi connectivity index (χ0) is 16.5. The summed E-state index contributed by atoms with van der Waals surface area (Å²) in [7, 11) is 0. The van der Waals surface area contributed by atoms with Crippen LogP contribution in [0.5, 0.6) is 11.5 Å². The van der Waals surface area contributed by atoms with Crippen LogP contribution in [0.3, 0.4) is 0 Å². The fraction of sp³-hybridized carbons (Fsp3) is 0.350. The maximum atomic E-state index is 13.0. The monoisotopic (exact) mass is 323 g/mol. The van der Waals surface area contributed by atoms with Gasteiger partial charge in [-0.05, 0) is 37.8 Å². The first-order valence-corrected chi connectivity index (χ1v) is 8.56. The molecule has 2 aromatic carbocycles. The number of para-hydroxylation sites is 2. The predicted molar refractivity (Wildman–Crippen MR) is 91.2 cm³/mol. The Labute approximate surface area is 141 Å². The van der Waals surface area contributed by atoms with Gasteiger partial charge in [0.1, 0.15) is 11.5 Å². The van der Waals surface area contributed by atoms with Gasteiger partial charge < -0.3 is 15.2 Å². The molecule has 124 valence electrons. The molecule has 1 aliphatic carbocycles. The highest BCUT2D eigenvalue weighted by molar-refractivity contribution is 5.89. The standard InChI is InChI=1S/C20H21NO3/c22-14-11-9-13(10-12-14)21-20(23)19-15-5-1-3-7-17(15)24-18-8-4-2-6-16(18)19/h1-8,13-14,19,22H,9-12H2,(H,21,23). The number of aliphatic hydroxyl groups is 1. The average Bonchev–Trinajstić information content (AvgIpc) is 2.61. The van der Waals surface area contributed by atoms with E-state index in [2.05, 4.69) is 5.32 Å². The minimum absolute atomic E-state index is 0.0135. The number of fused-ring (bicyclic) bond motifs is 2. The SMILES string of the molecule is O=C(NC1CCC(O)CC1)C1c2ccccc2Oc2ccccc21. The summed E-state index contributed by atoms with van der Waals surface area (Å²) >= 11 is 0. The van der Waals surface area contributed by atoms with Crippen molar-refractivity contribution in [3.8, 4) is 11.5 Å². The summed E-state index contributed by atoms with van der Waals surface area (Å²) in [5.74, 6) is 1.16. The first-order chi connectivity index (χ1) is 11.7. The van der Waals surface area contributed by atoms with Crippen molar-refractivity contribution in [3.63, 3.8) is 0 Å². The van der Waals surface area contributed by atoms with Crippen LogP contribution in [0.1, 0.15) is 42.7 Å². The number of amides is 1. The molecule has 1 amide bonds. The van der Waals surface area contributed by atoms with Crippen molar-refractivity contribution >= 4 is 5.91 Å². The van der Waals surface area contributed by atoms with E-state index >= 15 is 0 Å². The lowest BCUT2D eigenvalue weighted by atomic mass is 9.86. The Hall–Kier alpha value is -2.33. The molecule has 0 aromatic heterocycles. The number of benzene rings is 2. The Morgan fingerprint density at radius 2 is 1.46 bits per heavy atom. The van der Waals surface area contributed by atoms with Crippen LogP contribution < -0.4 is 10.1 Å². The van der Waals surface area contributed by atoms with Crippen molar-refractivity contribution in [1.29, 1.82) is 0 Å². The van der Waals surface area contributed by atoms with Crippen molar-refractivity contribution in [2.75, 3.05) is 0 Å². The fourth-order valence-electron chi connectivity index (χ4n) is 3.70. The van der Waals surface area contributed by atoms with Crippen molar-refractivity contribution in [3.05, 3.63) is 59.7 Å². The van der Waals surface area contributed by atoms with E-state index in [-0.39, 0.29) is 24.0 Å². The molecular weight excluding hydrogens is 302 g/mol. The molecule has 0 bridgehead atoms. The van der Waals surface area contributed by atoms with Gasteiger partial charge in [-0.3, -0.25) is 4.79 Å². The quantitative estimate of drug-likeness (QED) is 0.891. The van der Waals surface area contributed by atoms with Gasteiger partial charge in [0.15, 0.2) is 0 Å². The van der Waals surface area contributed by atoms with Crippen molar-refractivity contribution in [2.45, 2.75) is 43.7 Å². The first kappa shape index (κ1) is 15.2. The van der Waals surface area contributed by atoms with Gasteiger partial charge in [0.2, 0.25) is 5.91 Å². The molecule has 2 aromatic rings. The fourth-order valence-corrected chi connectivity index (χ4v) is 3.70. The second-order valence-corrected chi connectivity index (χ2v) is 6.62. The lowest BCUT2D eigenvalue weighted by Crippen LogP contribution is -2.41. The number of nitrogens with one attached hydrogen (secondary N) is 1. The summed E-state index contributed by atoms with van der Waals surface area (Å²) in [6.07, 6.45) is 2.96. The Kier molecular flexibility index (Phi) is 3.98. The van der Waals surface area contributed by atoms with Crippen LogP contribution in [0, 0.1) is 0 Å². The van der Waals surface area contributed by atoms with Gasteiger partial charge in [0, 0.05) is 17.2 Å². The zero-order valence-corrected chi connectivity index (χ0v) is 13.4. The van der Waals surface area contributed by atoms with E-state index in [0.29, 0.717) is 0 Å². The molecule has 4 heteroatoms. The third-order valence-corrected chi connectivity index (χ3v) is 4.99. The van der Waals surface area contributed by atoms with Gasteiger partial charge in [-0.25, -0.2) is 0 Å². The van der Waals surface area contributed by atoms with E-state index in [0.717, 1.165) is 48.3 Å². The average molecular weight is 323 g/mol. The third kappa shape index (κ3) is 2.78. The maximum absolute atomic E-state index is 13.0. The van der Waals surface area contributed by atoms with Crippen LogP contribution in [-0.2, 0) is 4.79 Å². The summed E-state index contributed by atoms with van der Waals surface area (Å²) < 4.78 is 5.95. The summed E-state index contributed by atoms with van der Waals surface area (Å²) in [6.45, 7) is 0. The second-order valence-electron chi connectivity index (χ2n) is 6.62. The molecular formula is C20H21NO3. The molecule has 4 rings (SSSR count). The number of carbonyl (C=O) groups is 1. The van der Waals surface area contributed by atoms with E-state index in [4.69, 9.17) is 4.74 Å². The van der Waals surface area contributed by atoms with Gasteiger partial charge in [-0.2, -0.15) is 0 Å². The van der Waals surface area contributed by atoms with Crippen LogP contribution in [0.4, 0.5) is 0 Å². The molecule has 0 unspecified atom stereocenters. The Bertz CT molecular complexity index is 705. The van der Waals surface area contributed by atoms with E-state index in [1.165, 1.54) is 0 Å². The molecule has 4 nitrogen and oxygen atoms in total. The highest BCUT2D eigenvalue weighted by Crippen LogP contribution is 2.44. The van der Waals surface area contributed by atoms with Crippen LogP contribution in [0.25, 0.3) is 0 Å². The van der Waals surface area contributed by atoms with Gasteiger partial charge in [0.25, 0.3) is 0 Å². The molecule has 1 saturated carbocycles. The van der Waals surface area contributed by atoms with E-state index in [1.807, 2.05) is 48.5 Å².